The van der Waals surface area contributed by atoms with Crippen molar-refractivity contribution in [3.05, 3.63) is 0 Å². The van der Waals surface area contributed by atoms with Crippen LogP contribution in [0.1, 0.15) is 27.7 Å². The van der Waals surface area contributed by atoms with Crippen molar-refractivity contribution in [3.63, 3.8) is 0 Å². The lowest BCUT2D eigenvalue weighted by Gasteiger charge is -2.20. The Morgan fingerprint density at radius 3 is 1.25 bits per heavy atom. The Morgan fingerprint density at radius 2 is 1.00 bits per heavy atom. The monoisotopic (exact) mass is 344 g/mol. The zero-order chi connectivity index (χ0) is 11.5. The number of nitrogens with zero attached hydrogens (tertiary/aromatic N) is 2. The first kappa shape index (κ1) is 19.0. The first-order valence-corrected chi connectivity index (χ1v) is 6.30. The van der Waals surface area contributed by atoms with Crippen molar-refractivity contribution >= 4 is 24.0 Å². The summed E-state index contributed by atoms with van der Waals surface area (Å²) in [6.07, 6.45) is 0. The van der Waals surface area contributed by atoms with E-state index in [9.17, 15) is 0 Å². The molecular weight excluding hydrogens is 315 g/mol. The number of hydrogen-bond donors (Lipinski definition) is 0. The predicted molar refractivity (Wildman–Crippen MR) is 81.8 cm³/mol. The Labute approximate surface area is 119 Å². The van der Waals surface area contributed by atoms with Gasteiger partial charge in [0.25, 0.3) is 0 Å². The molecule has 0 aromatic carbocycles. The van der Waals surface area contributed by atoms with E-state index in [1.165, 1.54) is 0 Å². The van der Waals surface area contributed by atoms with Gasteiger partial charge in [0.2, 0.25) is 0 Å². The summed E-state index contributed by atoms with van der Waals surface area (Å²) in [5, 5.41) is 0. The smallest absolute Gasteiger partial charge is 0.0594 e. The van der Waals surface area contributed by atoms with Gasteiger partial charge < -0.3 is 14.5 Å². The van der Waals surface area contributed by atoms with Crippen molar-refractivity contribution in [1.82, 2.24) is 9.80 Å². The van der Waals surface area contributed by atoms with Crippen LogP contribution in [-0.2, 0) is 4.74 Å². The second-order valence-corrected chi connectivity index (χ2v) is 3.67. The number of halogens is 1. The summed E-state index contributed by atoms with van der Waals surface area (Å²) in [7, 11) is 0. The van der Waals surface area contributed by atoms with E-state index in [0.717, 1.165) is 52.5 Å². The van der Waals surface area contributed by atoms with Crippen LogP contribution in [0.5, 0.6) is 0 Å². The molecule has 0 radical (unpaired) electrons. The van der Waals surface area contributed by atoms with Crippen LogP contribution in [-0.4, -0.2) is 62.3 Å². The van der Waals surface area contributed by atoms with E-state index in [1.807, 2.05) is 0 Å². The van der Waals surface area contributed by atoms with Gasteiger partial charge in [-0.25, -0.2) is 0 Å². The van der Waals surface area contributed by atoms with E-state index in [1.54, 1.807) is 0 Å². The molecule has 0 rings (SSSR count). The zero-order valence-corrected chi connectivity index (χ0v) is 13.7. The Kier molecular flexibility index (Phi) is 16.2. The molecule has 16 heavy (non-hydrogen) atoms. The van der Waals surface area contributed by atoms with Gasteiger partial charge in [0.05, 0.1) is 13.2 Å². The summed E-state index contributed by atoms with van der Waals surface area (Å²) in [6.45, 7) is 17.1. The van der Waals surface area contributed by atoms with E-state index in [0.29, 0.717) is 0 Å². The number of ether oxygens (including phenoxy) is 1. The van der Waals surface area contributed by atoms with Gasteiger partial charge >= 0.3 is 0 Å². The molecule has 0 aliphatic rings. The highest BCUT2D eigenvalue weighted by Crippen LogP contribution is 1.89. The molecular formula is C12H29IN2O. The van der Waals surface area contributed by atoms with Crippen LogP contribution in [0.25, 0.3) is 0 Å². The summed E-state index contributed by atoms with van der Waals surface area (Å²) in [4.78, 5) is 4.77. The van der Waals surface area contributed by atoms with E-state index in [2.05, 4.69) is 37.5 Å². The molecule has 0 saturated heterocycles. The predicted octanol–water partition coefficient (Wildman–Crippen LogP) is 2.30. The van der Waals surface area contributed by atoms with Crippen LogP contribution >= 0.6 is 24.0 Å². The molecule has 0 aliphatic heterocycles. The van der Waals surface area contributed by atoms with Crippen molar-refractivity contribution in [2.45, 2.75) is 27.7 Å². The molecule has 4 heteroatoms. The van der Waals surface area contributed by atoms with Gasteiger partial charge in [-0.05, 0) is 26.2 Å². The molecule has 0 aromatic heterocycles. The molecule has 0 amide bonds. The van der Waals surface area contributed by atoms with Gasteiger partial charge in [-0.2, -0.15) is 0 Å². The van der Waals surface area contributed by atoms with Gasteiger partial charge in [0.1, 0.15) is 0 Å². The van der Waals surface area contributed by atoms with Gasteiger partial charge in [-0.15, -0.1) is 24.0 Å². The normalized spacial score (nSPS) is 10.9. The first-order valence-electron chi connectivity index (χ1n) is 6.30. The SMILES string of the molecule is CCN(CC)CCOCCN(CC)CC.I. The molecule has 100 valence electrons. The van der Waals surface area contributed by atoms with E-state index in [4.69, 9.17) is 4.74 Å². The summed E-state index contributed by atoms with van der Waals surface area (Å²) in [6, 6.07) is 0. The third kappa shape index (κ3) is 9.81. The van der Waals surface area contributed by atoms with Crippen LogP contribution in [0.15, 0.2) is 0 Å². The van der Waals surface area contributed by atoms with Crippen LogP contribution in [0, 0.1) is 0 Å². The lowest BCUT2D eigenvalue weighted by atomic mass is 10.5. The van der Waals surface area contributed by atoms with E-state index < -0.39 is 0 Å². The Bertz CT molecular complexity index is 114. The van der Waals surface area contributed by atoms with Gasteiger partial charge in [0.15, 0.2) is 0 Å². The molecule has 0 aromatic rings. The summed E-state index contributed by atoms with van der Waals surface area (Å²) < 4.78 is 5.62. The minimum absolute atomic E-state index is 0. The largest absolute Gasteiger partial charge is 0.379 e. The molecule has 3 nitrogen and oxygen atoms in total. The lowest BCUT2D eigenvalue weighted by Crippen LogP contribution is -2.30. The van der Waals surface area contributed by atoms with Gasteiger partial charge in [0, 0.05) is 13.1 Å². The van der Waals surface area contributed by atoms with Crippen molar-refractivity contribution in [1.29, 1.82) is 0 Å². The summed E-state index contributed by atoms with van der Waals surface area (Å²) in [5.74, 6) is 0. The van der Waals surface area contributed by atoms with Crippen LogP contribution in [0.3, 0.4) is 0 Å². The van der Waals surface area contributed by atoms with Crippen molar-refractivity contribution in [2.75, 3.05) is 52.5 Å². The highest BCUT2D eigenvalue weighted by atomic mass is 127. The molecule has 0 saturated carbocycles. The number of likely N-dealkylation sites (N-methyl/N-ethyl adjacent to an activating group) is 2. The minimum atomic E-state index is 0. The average Bonchev–Trinajstić information content (AvgIpc) is 2.29. The summed E-state index contributed by atoms with van der Waals surface area (Å²) in [5.41, 5.74) is 0. The maximum Gasteiger partial charge on any atom is 0.0594 e. The highest BCUT2D eigenvalue weighted by Gasteiger charge is 2.00. The molecule has 0 bridgehead atoms. The maximum atomic E-state index is 5.62. The van der Waals surface area contributed by atoms with Crippen LogP contribution in [0.4, 0.5) is 0 Å². The third-order valence-electron chi connectivity index (χ3n) is 2.89. The lowest BCUT2D eigenvalue weighted by molar-refractivity contribution is 0.0876. The molecule has 0 N–H and O–H groups in total. The fourth-order valence-corrected chi connectivity index (χ4v) is 1.57. The molecule has 0 atom stereocenters. The van der Waals surface area contributed by atoms with Crippen LogP contribution in [0.2, 0.25) is 0 Å². The van der Waals surface area contributed by atoms with Crippen LogP contribution < -0.4 is 0 Å². The second-order valence-electron chi connectivity index (χ2n) is 3.67. The molecule has 0 spiro atoms. The van der Waals surface area contributed by atoms with Crippen molar-refractivity contribution in [3.8, 4) is 0 Å². The number of hydrogen-bond acceptors (Lipinski definition) is 3. The van der Waals surface area contributed by atoms with E-state index >= 15 is 0 Å². The molecule has 0 fully saturated rings. The van der Waals surface area contributed by atoms with Gasteiger partial charge in [-0.1, -0.05) is 27.7 Å². The molecule has 0 heterocycles. The highest BCUT2D eigenvalue weighted by molar-refractivity contribution is 14.0. The fourth-order valence-electron chi connectivity index (χ4n) is 1.57. The minimum Gasteiger partial charge on any atom is -0.379 e. The fraction of sp³-hybridized carbons (Fsp3) is 1.00. The summed E-state index contributed by atoms with van der Waals surface area (Å²) >= 11 is 0. The second kappa shape index (κ2) is 13.7. The number of rotatable bonds is 10. The van der Waals surface area contributed by atoms with Crippen molar-refractivity contribution in [2.24, 2.45) is 0 Å². The molecule has 0 aliphatic carbocycles. The van der Waals surface area contributed by atoms with Crippen molar-refractivity contribution < 1.29 is 4.74 Å². The molecule has 0 unspecified atom stereocenters. The zero-order valence-electron chi connectivity index (χ0n) is 11.4. The maximum absolute atomic E-state index is 5.62. The van der Waals surface area contributed by atoms with E-state index in [-0.39, 0.29) is 24.0 Å². The van der Waals surface area contributed by atoms with Gasteiger partial charge in [-0.3, -0.25) is 0 Å². The average molecular weight is 344 g/mol. The third-order valence-corrected chi connectivity index (χ3v) is 2.89. The Hall–Kier alpha value is 0.610. The first-order chi connectivity index (χ1) is 7.28. The topological polar surface area (TPSA) is 15.7 Å². The quantitative estimate of drug-likeness (QED) is 0.447. The Balaban J connectivity index is 0. The standard InChI is InChI=1S/C12H28N2O.HI/c1-5-13(6-2)9-11-15-12-10-14(7-3)8-4;/h5-12H2,1-4H3;1H. The Morgan fingerprint density at radius 1 is 0.688 bits per heavy atom.